The molecule has 0 aliphatic rings. The van der Waals surface area contributed by atoms with Gasteiger partial charge in [0.2, 0.25) is 0 Å². The van der Waals surface area contributed by atoms with Gasteiger partial charge in [0.25, 0.3) is 0 Å². The third kappa shape index (κ3) is 14.0. The summed E-state index contributed by atoms with van der Waals surface area (Å²) in [6.45, 7) is 2.59. The lowest BCUT2D eigenvalue weighted by Crippen LogP contribution is -1.85. The van der Waals surface area contributed by atoms with E-state index in [1.165, 1.54) is 70.6 Å². The van der Waals surface area contributed by atoms with Gasteiger partial charge in [-0.3, -0.25) is 0 Å². The first-order valence-corrected chi connectivity index (χ1v) is 7.34. The molecule has 0 saturated heterocycles. The van der Waals surface area contributed by atoms with E-state index < -0.39 is 0 Å². The summed E-state index contributed by atoms with van der Waals surface area (Å²) in [6, 6.07) is 0. The molecule has 16 heavy (non-hydrogen) atoms. The van der Waals surface area contributed by atoms with Crippen molar-refractivity contribution in [2.24, 2.45) is 0 Å². The third-order valence-corrected chi connectivity index (χ3v) is 3.10. The van der Waals surface area contributed by atoms with E-state index in [4.69, 9.17) is 5.11 Å². The predicted molar refractivity (Wildman–Crippen MR) is 72.5 cm³/mol. The second kappa shape index (κ2) is 15.0. The fraction of sp³-hybridized carbons (Fsp3) is 0.933. The molecule has 0 atom stereocenters. The van der Waals surface area contributed by atoms with E-state index in [0.717, 1.165) is 6.42 Å². The van der Waals surface area contributed by atoms with Crippen molar-refractivity contribution in [1.29, 1.82) is 0 Å². The zero-order valence-electron chi connectivity index (χ0n) is 11.2. The van der Waals surface area contributed by atoms with Crippen LogP contribution in [0.3, 0.4) is 0 Å². The van der Waals surface area contributed by atoms with E-state index in [1.54, 1.807) is 0 Å². The first-order chi connectivity index (χ1) is 7.91. The Bertz CT molecular complexity index is 98.0. The average Bonchev–Trinajstić information content (AvgIpc) is 2.31. The van der Waals surface area contributed by atoms with E-state index in [0.29, 0.717) is 6.61 Å². The summed E-state index contributed by atoms with van der Waals surface area (Å²) in [5.41, 5.74) is 0. The van der Waals surface area contributed by atoms with Crippen molar-refractivity contribution in [3.63, 3.8) is 0 Å². The van der Waals surface area contributed by atoms with Crippen LogP contribution in [0.25, 0.3) is 0 Å². The highest BCUT2D eigenvalue weighted by molar-refractivity contribution is 4.63. The van der Waals surface area contributed by atoms with E-state index in [-0.39, 0.29) is 0 Å². The van der Waals surface area contributed by atoms with Crippen LogP contribution >= 0.6 is 0 Å². The minimum absolute atomic E-state index is 0.317. The Kier molecular flexibility index (Phi) is 14.9. The molecule has 0 aliphatic heterocycles. The Balaban J connectivity index is 2.83. The molecule has 1 N–H and O–H groups in total. The van der Waals surface area contributed by atoms with Gasteiger partial charge in [0, 0.05) is 6.61 Å². The lowest BCUT2D eigenvalue weighted by atomic mass is 10.0. The predicted octanol–water partition coefficient (Wildman–Crippen LogP) is 4.88. The fourth-order valence-corrected chi connectivity index (χ4v) is 2.01. The molecule has 0 heterocycles. The van der Waals surface area contributed by atoms with Crippen LogP contribution in [0.5, 0.6) is 0 Å². The van der Waals surface area contributed by atoms with Gasteiger partial charge in [-0.15, -0.1) is 0 Å². The van der Waals surface area contributed by atoms with Gasteiger partial charge in [-0.2, -0.15) is 0 Å². The van der Waals surface area contributed by atoms with Crippen molar-refractivity contribution in [3.8, 4) is 0 Å². The molecule has 97 valence electrons. The van der Waals surface area contributed by atoms with Gasteiger partial charge >= 0.3 is 0 Å². The maximum Gasteiger partial charge on any atom is 0.0433 e. The SMILES string of the molecule is CCCCCCCCCCCC[CH]CCO. The lowest BCUT2D eigenvalue weighted by Gasteiger charge is -2.02. The molecule has 0 unspecified atom stereocenters. The Hall–Kier alpha value is -0.0400. The summed E-state index contributed by atoms with van der Waals surface area (Å²) in [4.78, 5) is 0. The lowest BCUT2D eigenvalue weighted by molar-refractivity contribution is 0.296. The zero-order chi connectivity index (χ0) is 11.9. The molecule has 0 amide bonds. The van der Waals surface area contributed by atoms with Gasteiger partial charge in [-0.25, -0.2) is 0 Å². The Morgan fingerprint density at radius 3 is 1.69 bits per heavy atom. The molecular weight excluding hydrogens is 196 g/mol. The fourth-order valence-electron chi connectivity index (χ4n) is 2.01. The molecule has 1 nitrogen and oxygen atoms in total. The van der Waals surface area contributed by atoms with Gasteiger partial charge in [0.05, 0.1) is 0 Å². The zero-order valence-corrected chi connectivity index (χ0v) is 11.2. The Morgan fingerprint density at radius 2 is 1.19 bits per heavy atom. The van der Waals surface area contributed by atoms with Gasteiger partial charge in [0.1, 0.15) is 0 Å². The second-order valence-corrected chi connectivity index (χ2v) is 4.77. The van der Waals surface area contributed by atoms with E-state index in [1.807, 2.05) is 0 Å². The summed E-state index contributed by atoms with van der Waals surface area (Å²) >= 11 is 0. The monoisotopic (exact) mass is 227 g/mol. The largest absolute Gasteiger partial charge is 0.396 e. The highest BCUT2D eigenvalue weighted by Gasteiger charge is 1.93. The van der Waals surface area contributed by atoms with Crippen LogP contribution in [0.1, 0.15) is 84.0 Å². The molecule has 0 bridgehead atoms. The van der Waals surface area contributed by atoms with Gasteiger partial charge in [-0.05, 0) is 12.8 Å². The molecule has 1 radical (unpaired) electrons. The standard InChI is InChI=1S/C15H31O/c1-2-3-4-5-6-7-8-9-10-11-12-13-14-15-16/h13,16H,2-12,14-15H2,1H3. The Morgan fingerprint density at radius 1 is 0.688 bits per heavy atom. The van der Waals surface area contributed by atoms with Gasteiger partial charge in [-0.1, -0.05) is 77.6 Å². The molecule has 0 saturated carbocycles. The molecular formula is C15H31O. The molecule has 0 aromatic heterocycles. The summed E-state index contributed by atoms with van der Waals surface area (Å²) < 4.78 is 0. The van der Waals surface area contributed by atoms with Crippen LogP contribution in [0.4, 0.5) is 0 Å². The maximum absolute atomic E-state index is 8.60. The van der Waals surface area contributed by atoms with Crippen LogP contribution in [0.15, 0.2) is 0 Å². The Labute approximate surface area is 103 Å². The van der Waals surface area contributed by atoms with Crippen molar-refractivity contribution in [2.45, 2.75) is 84.0 Å². The molecule has 1 heteroatoms. The highest BCUT2D eigenvalue weighted by atomic mass is 16.2. The topological polar surface area (TPSA) is 20.2 Å². The van der Waals surface area contributed by atoms with Crippen molar-refractivity contribution in [3.05, 3.63) is 6.42 Å². The molecule has 0 rings (SSSR count). The number of hydrogen-bond acceptors (Lipinski definition) is 1. The number of rotatable bonds is 13. The number of aliphatic hydroxyl groups excluding tert-OH is 1. The van der Waals surface area contributed by atoms with E-state index in [2.05, 4.69) is 13.3 Å². The highest BCUT2D eigenvalue weighted by Crippen LogP contribution is 2.11. The smallest absolute Gasteiger partial charge is 0.0433 e. The molecule has 0 aliphatic carbocycles. The summed E-state index contributed by atoms with van der Waals surface area (Å²) in [6.07, 6.45) is 18.3. The number of aliphatic hydroxyl groups is 1. The average molecular weight is 227 g/mol. The van der Waals surface area contributed by atoms with Crippen molar-refractivity contribution in [1.82, 2.24) is 0 Å². The quantitative estimate of drug-likeness (QED) is 0.444. The maximum atomic E-state index is 8.60. The van der Waals surface area contributed by atoms with E-state index in [9.17, 15) is 0 Å². The van der Waals surface area contributed by atoms with E-state index >= 15 is 0 Å². The molecule has 0 aromatic rings. The van der Waals surface area contributed by atoms with Crippen molar-refractivity contribution >= 4 is 0 Å². The van der Waals surface area contributed by atoms with Gasteiger partial charge in [0.15, 0.2) is 0 Å². The van der Waals surface area contributed by atoms with Crippen LogP contribution in [-0.4, -0.2) is 11.7 Å². The minimum atomic E-state index is 0.317. The normalized spacial score (nSPS) is 10.9. The van der Waals surface area contributed by atoms with Crippen molar-refractivity contribution in [2.75, 3.05) is 6.61 Å². The summed E-state index contributed by atoms with van der Waals surface area (Å²) in [5, 5.41) is 8.60. The number of hydrogen-bond donors (Lipinski definition) is 1. The third-order valence-electron chi connectivity index (χ3n) is 3.10. The van der Waals surface area contributed by atoms with Crippen LogP contribution in [-0.2, 0) is 0 Å². The molecule has 0 fully saturated rings. The number of unbranched alkanes of at least 4 members (excludes halogenated alkanes) is 12. The van der Waals surface area contributed by atoms with Crippen LogP contribution in [0, 0.1) is 6.42 Å². The molecule has 0 spiro atoms. The van der Waals surface area contributed by atoms with Crippen LogP contribution in [0.2, 0.25) is 0 Å². The summed E-state index contributed by atoms with van der Waals surface area (Å²) in [5.74, 6) is 0. The second-order valence-electron chi connectivity index (χ2n) is 4.77. The van der Waals surface area contributed by atoms with Crippen molar-refractivity contribution < 1.29 is 5.11 Å². The summed E-state index contributed by atoms with van der Waals surface area (Å²) in [7, 11) is 0. The minimum Gasteiger partial charge on any atom is -0.396 e. The molecule has 0 aromatic carbocycles. The van der Waals surface area contributed by atoms with Crippen LogP contribution < -0.4 is 0 Å². The van der Waals surface area contributed by atoms with Gasteiger partial charge < -0.3 is 5.11 Å². The first kappa shape index (κ1) is 16.0. The first-order valence-electron chi connectivity index (χ1n) is 7.34.